The number of nitrogens with zero attached hydrogens (tertiary/aromatic N) is 6. The van der Waals surface area contributed by atoms with Gasteiger partial charge in [-0.2, -0.15) is 0 Å². The zero-order chi connectivity index (χ0) is 23.4. The highest BCUT2D eigenvalue weighted by Gasteiger charge is 2.23. The van der Waals surface area contributed by atoms with Crippen LogP contribution in [0.2, 0.25) is 0 Å². The highest BCUT2D eigenvalue weighted by molar-refractivity contribution is 5.89. The van der Waals surface area contributed by atoms with E-state index in [1.165, 1.54) is 0 Å². The standard InChI is InChI=1S/C28H24N6/c1-17-9-5-13-21(29-17)27-31-25(23-15-7-11-19(3)33(23)27)26-24-16-8-12-20(4)34(24)28(32-26)22-14-6-10-18(2)30-22/h5-16H,1-4H3. The second-order valence-electron chi connectivity index (χ2n) is 8.67. The van der Waals surface area contributed by atoms with Gasteiger partial charge in [-0.05, 0) is 76.2 Å². The number of aryl methyl sites for hydroxylation is 4. The van der Waals surface area contributed by atoms with Gasteiger partial charge in [0.15, 0.2) is 11.6 Å². The molecule has 0 amide bonds. The van der Waals surface area contributed by atoms with Gasteiger partial charge < -0.3 is 0 Å². The molecule has 6 heterocycles. The molecule has 34 heavy (non-hydrogen) atoms. The van der Waals surface area contributed by atoms with Crippen LogP contribution in [0.5, 0.6) is 0 Å². The van der Waals surface area contributed by atoms with E-state index in [1.54, 1.807) is 0 Å². The number of hydrogen-bond donors (Lipinski definition) is 0. The van der Waals surface area contributed by atoms with E-state index in [4.69, 9.17) is 19.9 Å². The Morgan fingerprint density at radius 3 is 1.29 bits per heavy atom. The Kier molecular flexibility index (Phi) is 4.55. The van der Waals surface area contributed by atoms with Gasteiger partial charge >= 0.3 is 0 Å². The first-order chi connectivity index (χ1) is 16.5. The Bertz CT molecular complexity index is 1580. The van der Waals surface area contributed by atoms with Gasteiger partial charge in [0.25, 0.3) is 0 Å². The number of rotatable bonds is 3. The van der Waals surface area contributed by atoms with Gasteiger partial charge in [0.2, 0.25) is 0 Å². The van der Waals surface area contributed by atoms with E-state index in [0.717, 1.165) is 68.2 Å². The zero-order valence-electron chi connectivity index (χ0n) is 19.6. The van der Waals surface area contributed by atoms with E-state index in [9.17, 15) is 0 Å². The molecule has 0 unspecified atom stereocenters. The van der Waals surface area contributed by atoms with Gasteiger partial charge in [-0.1, -0.05) is 24.3 Å². The predicted molar refractivity (Wildman–Crippen MR) is 135 cm³/mol. The molecule has 0 bridgehead atoms. The Hall–Kier alpha value is -4.32. The molecule has 6 heteroatoms. The fourth-order valence-corrected chi connectivity index (χ4v) is 4.62. The van der Waals surface area contributed by atoms with Crippen LogP contribution in [0.4, 0.5) is 0 Å². The molecule has 6 rings (SSSR count). The van der Waals surface area contributed by atoms with Gasteiger partial charge in [-0.15, -0.1) is 0 Å². The van der Waals surface area contributed by atoms with E-state index >= 15 is 0 Å². The van der Waals surface area contributed by atoms with Crippen molar-refractivity contribution < 1.29 is 0 Å². The fourth-order valence-electron chi connectivity index (χ4n) is 4.62. The van der Waals surface area contributed by atoms with Crippen molar-refractivity contribution in [3.8, 4) is 34.4 Å². The van der Waals surface area contributed by atoms with Crippen LogP contribution >= 0.6 is 0 Å². The highest BCUT2D eigenvalue weighted by Crippen LogP contribution is 2.35. The molecule has 166 valence electrons. The van der Waals surface area contributed by atoms with Crippen molar-refractivity contribution in [1.82, 2.24) is 28.7 Å². The summed E-state index contributed by atoms with van der Waals surface area (Å²) in [6.45, 7) is 8.18. The SMILES string of the molecule is Cc1cccc(-c2nc(-c3nc(-c4cccc(C)n4)n4c(C)cccc34)c3cccc(C)n23)n1. The quantitative estimate of drug-likeness (QED) is 0.336. The van der Waals surface area contributed by atoms with Gasteiger partial charge in [-0.25, -0.2) is 19.9 Å². The molecule has 0 saturated heterocycles. The largest absolute Gasteiger partial charge is 0.295 e. The molecule has 0 fully saturated rings. The highest BCUT2D eigenvalue weighted by atomic mass is 15.1. The molecule has 6 nitrogen and oxygen atoms in total. The monoisotopic (exact) mass is 444 g/mol. The van der Waals surface area contributed by atoms with Crippen LogP contribution in [0.1, 0.15) is 22.8 Å². The number of imidazole rings is 2. The average Bonchev–Trinajstić information content (AvgIpc) is 3.40. The van der Waals surface area contributed by atoms with Crippen LogP contribution in [-0.4, -0.2) is 28.7 Å². The number of aromatic nitrogens is 6. The molecule has 0 N–H and O–H groups in total. The van der Waals surface area contributed by atoms with Gasteiger partial charge in [0.05, 0.1) is 11.0 Å². The third-order valence-corrected chi connectivity index (χ3v) is 6.17. The summed E-state index contributed by atoms with van der Waals surface area (Å²) in [5.41, 5.74) is 9.47. The van der Waals surface area contributed by atoms with Crippen molar-refractivity contribution in [1.29, 1.82) is 0 Å². The lowest BCUT2D eigenvalue weighted by Gasteiger charge is -2.05. The Morgan fingerprint density at radius 2 is 0.882 bits per heavy atom. The second kappa shape index (κ2) is 7.63. The van der Waals surface area contributed by atoms with Gasteiger partial charge in [-0.3, -0.25) is 8.80 Å². The van der Waals surface area contributed by atoms with Crippen molar-refractivity contribution in [2.75, 3.05) is 0 Å². The maximum absolute atomic E-state index is 5.14. The molecule has 6 aromatic rings. The third kappa shape index (κ3) is 3.10. The predicted octanol–water partition coefficient (Wildman–Crippen LogP) is 6.01. The first-order valence-electron chi connectivity index (χ1n) is 11.4. The smallest absolute Gasteiger partial charge is 0.164 e. The molecular weight excluding hydrogens is 420 g/mol. The maximum atomic E-state index is 5.14. The maximum Gasteiger partial charge on any atom is 0.164 e. The first kappa shape index (κ1) is 20.3. The summed E-state index contributed by atoms with van der Waals surface area (Å²) in [4.78, 5) is 19.8. The third-order valence-electron chi connectivity index (χ3n) is 6.17. The lowest BCUT2D eigenvalue weighted by Crippen LogP contribution is -1.96. The minimum Gasteiger partial charge on any atom is -0.295 e. The van der Waals surface area contributed by atoms with E-state index in [0.29, 0.717) is 0 Å². The van der Waals surface area contributed by atoms with Crippen LogP contribution in [0.15, 0.2) is 72.8 Å². The topological polar surface area (TPSA) is 60.4 Å². The minimum atomic E-state index is 0.816. The van der Waals surface area contributed by atoms with Crippen molar-refractivity contribution in [2.24, 2.45) is 0 Å². The average molecular weight is 445 g/mol. The van der Waals surface area contributed by atoms with Crippen LogP contribution in [0.3, 0.4) is 0 Å². The molecule has 0 radical (unpaired) electrons. The zero-order valence-corrected chi connectivity index (χ0v) is 19.6. The molecule has 0 atom stereocenters. The molecule has 0 saturated carbocycles. The molecule has 6 aromatic heterocycles. The minimum absolute atomic E-state index is 0.816. The molecule has 0 aliphatic heterocycles. The van der Waals surface area contributed by atoms with Gasteiger partial charge in [0, 0.05) is 22.8 Å². The summed E-state index contributed by atoms with van der Waals surface area (Å²) < 4.78 is 4.34. The van der Waals surface area contributed by atoms with E-state index < -0.39 is 0 Å². The fraction of sp³-hybridized carbons (Fsp3) is 0.143. The normalized spacial score (nSPS) is 11.5. The summed E-state index contributed by atoms with van der Waals surface area (Å²) in [6, 6.07) is 24.6. The number of fused-ring (bicyclic) bond motifs is 2. The van der Waals surface area contributed by atoms with Crippen LogP contribution in [-0.2, 0) is 0 Å². The summed E-state index contributed by atoms with van der Waals surface area (Å²) in [5, 5.41) is 0. The number of hydrogen-bond acceptors (Lipinski definition) is 4. The summed E-state index contributed by atoms with van der Waals surface area (Å²) in [5.74, 6) is 1.63. The Balaban J connectivity index is 1.69. The molecule has 0 aromatic carbocycles. The Morgan fingerprint density at radius 1 is 0.471 bits per heavy atom. The van der Waals surface area contributed by atoms with Crippen molar-refractivity contribution >= 4 is 11.0 Å². The molecule has 0 aliphatic rings. The van der Waals surface area contributed by atoms with E-state index in [1.807, 2.05) is 50.2 Å². The van der Waals surface area contributed by atoms with Crippen LogP contribution < -0.4 is 0 Å². The summed E-state index contributed by atoms with van der Waals surface area (Å²) in [7, 11) is 0. The van der Waals surface area contributed by atoms with E-state index in [-0.39, 0.29) is 0 Å². The van der Waals surface area contributed by atoms with Crippen molar-refractivity contribution in [3.05, 3.63) is 95.6 Å². The first-order valence-corrected chi connectivity index (χ1v) is 11.4. The lowest BCUT2D eigenvalue weighted by atomic mass is 10.2. The molecule has 0 aliphatic carbocycles. The summed E-state index contributed by atoms with van der Waals surface area (Å²) in [6.07, 6.45) is 0. The Labute approximate surface area is 197 Å². The molecule has 0 spiro atoms. The van der Waals surface area contributed by atoms with Crippen LogP contribution in [0, 0.1) is 27.7 Å². The van der Waals surface area contributed by atoms with Crippen molar-refractivity contribution in [2.45, 2.75) is 27.7 Å². The second-order valence-corrected chi connectivity index (χ2v) is 8.67. The molecular formula is C28H24N6. The number of pyridine rings is 4. The van der Waals surface area contributed by atoms with Crippen LogP contribution in [0.25, 0.3) is 45.5 Å². The van der Waals surface area contributed by atoms with Crippen molar-refractivity contribution in [3.63, 3.8) is 0 Å². The van der Waals surface area contributed by atoms with Gasteiger partial charge in [0.1, 0.15) is 22.8 Å². The lowest BCUT2D eigenvalue weighted by molar-refractivity contribution is 1.06. The van der Waals surface area contributed by atoms with E-state index in [2.05, 4.69) is 59.0 Å². The summed E-state index contributed by atoms with van der Waals surface area (Å²) >= 11 is 0.